The van der Waals surface area contributed by atoms with Gasteiger partial charge in [0, 0.05) is 28.9 Å². The number of nitrogens with zero attached hydrogens (tertiary/aromatic N) is 1. The largest absolute Gasteiger partial charge is 0.497 e. The van der Waals surface area contributed by atoms with E-state index in [2.05, 4.69) is 48.9 Å². The fourth-order valence-electron chi connectivity index (χ4n) is 2.79. The molecule has 0 saturated heterocycles. The molecular formula is C15H21Br2NO. The van der Waals surface area contributed by atoms with Crippen LogP contribution in [0, 0.1) is 0 Å². The number of hydrogen-bond acceptors (Lipinski definition) is 2. The molecule has 19 heavy (non-hydrogen) atoms. The first-order chi connectivity index (χ1) is 9.24. The molecule has 0 aliphatic heterocycles. The molecule has 0 N–H and O–H groups in total. The van der Waals surface area contributed by atoms with Crippen molar-refractivity contribution in [3.05, 3.63) is 28.2 Å². The van der Waals surface area contributed by atoms with Gasteiger partial charge in [0.15, 0.2) is 0 Å². The highest BCUT2D eigenvalue weighted by molar-refractivity contribution is 9.10. The molecule has 0 radical (unpaired) electrons. The first kappa shape index (κ1) is 15.3. The molecule has 0 bridgehead atoms. The van der Waals surface area contributed by atoms with Crippen molar-refractivity contribution >= 4 is 31.9 Å². The Hall–Kier alpha value is -0.0600. The molecule has 0 heterocycles. The lowest BCUT2D eigenvalue weighted by Crippen LogP contribution is -2.34. The van der Waals surface area contributed by atoms with Gasteiger partial charge in [0.05, 0.1) is 7.11 Å². The van der Waals surface area contributed by atoms with Crippen molar-refractivity contribution in [3.63, 3.8) is 0 Å². The van der Waals surface area contributed by atoms with Gasteiger partial charge in [0.1, 0.15) is 5.75 Å². The van der Waals surface area contributed by atoms with E-state index in [1.807, 2.05) is 6.07 Å². The molecule has 4 heteroatoms. The fraction of sp³-hybridized carbons (Fsp3) is 0.600. The van der Waals surface area contributed by atoms with Gasteiger partial charge in [-0.05, 0) is 36.6 Å². The third-order valence-electron chi connectivity index (χ3n) is 3.84. The minimum atomic E-state index is 0.746. The Morgan fingerprint density at radius 2 is 2.05 bits per heavy atom. The van der Waals surface area contributed by atoms with E-state index < -0.39 is 0 Å². The zero-order valence-corrected chi connectivity index (χ0v) is 14.5. The summed E-state index contributed by atoms with van der Waals surface area (Å²) in [7, 11) is 1.72. The Morgan fingerprint density at radius 3 is 2.68 bits per heavy atom. The summed E-state index contributed by atoms with van der Waals surface area (Å²) in [4.78, 5) is 2.60. The van der Waals surface area contributed by atoms with E-state index in [9.17, 15) is 0 Å². The smallest absolute Gasteiger partial charge is 0.119 e. The molecule has 2 nitrogen and oxygen atoms in total. The maximum atomic E-state index is 5.33. The fourth-order valence-corrected chi connectivity index (χ4v) is 3.61. The molecule has 1 aromatic rings. The van der Waals surface area contributed by atoms with Gasteiger partial charge in [0.2, 0.25) is 0 Å². The zero-order chi connectivity index (χ0) is 13.7. The Labute approximate surface area is 132 Å². The number of halogens is 2. The van der Waals surface area contributed by atoms with Crippen LogP contribution in [-0.2, 0) is 6.54 Å². The normalized spacial score (nSPS) is 16.2. The minimum absolute atomic E-state index is 0.746. The average Bonchev–Trinajstić information content (AvgIpc) is 2.94. The second kappa shape index (κ2) is 7.65. The maximum Gasteiger partial charge on any atom is 0.119 e. The first-order valence-electron chi connectivity index (χ1n) is 6.87. The van der Waals surface area contributed by atoms with Crippen molar-refractivity contribution in [1.82, 2.24) is 4.90 Å². The van der Waals surface area contributed by atoms with E-state index in [1.165, 1.54) is 35.7 Å². The van der Waals surface area contributed by atoms with Crippen LogP contribution >= 0.6 is 31.9 Å². The molecule has 0 amide bonds. The lowest BCUT2D eigenvalue weighted by Gasteiger charge is -2.28. The van der Waals surface area contributed by atoms with Crippen molar-refractivity contribution in [2.45, 2.75) is 38.3 Å². The Kier molecular flexibility index (Phi) is 6.17. The summed E-state index contributed by atoms with van der Waals surface area (Å²) in [5.74, 6) is 0.934. The highest BCUT2D eigenvalue weighted by Crippen LogP contribution is 2.28. The van der Waals surface area contributed by atoms with Gasteiger partial charge in [0.25, 0.3) is 0 Å². The molecule has 0 aromatic heterocycles. The van der Waals surface area contributed by atoms with Crippen LogP contribution in [0.25, 0.3) is 0 Å². The van der Waals surface area contributed by atoms with Crippen LogP contribution in [0.5, 0.6) is 5.75 Å². The topological polar surface area (TPSA) is 12.5 Å². The second-order valence-electron chi connectivity index (χ2n) is 5.06. The van der Waals surface area contributed by atoms with Crippen LogP contribution in [-0.4, -0.2) is 29.9 Å². The Bertz CT molecular complexity index is 405. The maximum absolute atomic E-state index is 5.33. The number of methoxy groups -OCH3 is 1. The van der Waals surface area contributed by atoms with E-state index in [0.29, 0.717) is 0 Å². The quantitative estimate of drug-likeness (QED) is 0.658. The van der Waals surface area contributed by atoms with Crippen molar-refractivity contribution in [3.8, 4) is 5.75 Å². The Morgan fingerprint density at radius 1 is 1.32 bits per heavy atom. The van der Waals surface area contributed by atoms with Crippen LogP contribution in [0.4, 0.5) is 0 Å². The van der Waals surface area contributed by atoms with Gasteiger partial charge in [-0.15, -0.1) is 0 Å². The van der Waals surface area contributed by atoms with E-state index in [4.69, 9.17) is 4.74 Å². The molecule has 1 aliphatic rings. The third-order valence-corrected chi connectivity index (χ3v) is 4.97. The number of benzene rings is 1. The van der Waals surface area contributed by atoms with Crippen LogP contribution < -0.4 is 4.74 Å². The predicted molar refractivity (Wildman–Crippen MR) is 87.2 cm³/mol. The van der Waals surface area contributed by atoms with Crippen LogP contribution in [0.3, 0.4) is 0 Å². The van der Waals surface area contributed by atoms with Crippen LogP contribution in [0.15, 0.2) is 22.7 Å². The summed E-state index contributed by atoms with van der Waals surface area (Å²) >= 11 is 7.23. The first-order valence-corrected chi connectivity index (χ1v) is 8.78. The number of alkyl halides is 1. The third kappa shape index (κ3) is 4.20. The van der Waals surface area contributed by atoms with Gasteiger partial charge in [-0.1, -0.05) is 44.7 Å². The summed E-state index contributed by atoms with van der Waals surface area (Å²) in [6, 6.07) is 6.96. The zero-order valence-electron chi connectivity index (χ0n) is 11.4. The number of hydrogen-bond donors (Lipinski definition) is 0. The molecule has 106 valence electrons. The number of ether oxygens (including phenoxy) is 1. The highest BCUT2D eigenvalue weighted by Gasteiger charge is 2.22. The van der Waals surface area contributed by atoms with E-state index in [1.54, 1.807) is 7.11 Å². The Balaban J connectivity index is 2.11. The molecule has 1 aromatic carbocycles. The molecule has 0 spiro atoms. The van der Waals surface area contributed by atoms with Gasteiger partial charge in [-0.3, -0.25) is 4.90 Å². The molecule has 0 atom stereocenters. The SMILES string of the molecule is COc1ccc(Br)c(CN(CCBr)C2CCCC2)c1. The second-order valence-corrected chi connectivity index (χ2v) is 6.70. The van der Waals surface area contributed by atoms with Gasteiger partial charge >= 0.3 is 0 Å². The summed E-state index contributed by atoms with van der Waals surface area (Å²) < 4.78 is 6.50. The van der Waals surface area contributed by atoms with E-state index in [-0.39, 0.29) is 0 Å². The molecule has 1 aliphatic carbocycles. The lowest BCUT2D eigenvalue weighted by atomic mass is 10.1. The summed E-state index contributed by atoms with van der Waals surface area (Å²) in [5, 5.41) is 1.03. The van der Waals surface area contributed by atoms with Crippen molar-refractivity contribution < 1.29 is 4.74 Å². The standard InChI is InChI=1S/C15H21Br2NO/c1-19-14-6-7-15(17)12(10-14)11-18(9-8-16)13-4-2-3-5-13/h6-7,10,13H,2-5,8-9,11H2,1H3. The van der Waals surface area contributed by atoms with Crippen molar-refractivity contribution in [1.29, 1.82) is 0 Å². The van der Waals surface area contributed by atoms with E-state index >= 15 is 0 Å². The van der Waals surface area contributed by atoms with E-state index in [0.717, 1.165) is 30.2 Å². The number of rotatable bonds is 6. The molecule has 1 fully saturated rings. The van der Waals surface area contributed by atoms with Crippen LogP contribution in [0.2, 0.25) is 0 Å². The van der Waals surface area contributed by atoms with Gasteiger partial charge in [-0.25, -0.2) is 0 Å². The van der Waals surface area contributed by atoms with Crippen molar-refractivity contribution in [2.24, 2.45) is 0 Å². The molecule has 0 unspecified atom stereocenters. The van der Waals surface area contributed by atoms with Crippen LogP contribution in [0.1, 0.15) is 31.2 Å². The van der Waals surface area contributed by atoms with Gasteiger partial charge < -0.3 is 4.74 Å². The average molecular weight is 391 g/mol. The summed E-state index contributed by atoms with van der Waals surface area (Å²) in [5.41, 5.74) is 1.31. The lowest BCUT2D eigenvalue weighted by molar-refractivity contribution is 0.202. The molecule has 1 saturated carbocycles. The molecular weight excluding hydrogens is 370 g/mol. The summed E-state index contributed by atoms with van der Waals surface area (Å²) in [6.45, 7) is 2.10. The minimum Gasteiger partial charge on any atom is -0.497 e. The summed E-state index contributed by atoms with van der Waals surface area (Å²) in [6.07, 6.45) is 5.44. The predicted octanol–water partition coefficient (Wildman–Crippen LogP) is 4.60. The monoisotopic (exact) mass is 389 g/mol. The van der Waals surface area contributed by atoms with Crippen molar-refractivity contribution in [2.75, 3.05) is 19.0 Å². The molecule has 2 rings (SSSR count). The van der Waals surface area contributed by atoms with Gasteiger partial charge in [-0.2, -0.15) is 0 Å². The highest BCUT2D eigenvalue weighted by atomic mass is 79.9.